The molecule has 140 valence electrons. The molecule has 0 radical (unpaired) electrons. The second kappa shape index (κ2) is 8.15. The van der Waals surface area contributed by atoms with E-state index in [0.29, 0.717) is 17.1 Å². The average molecular weight is 382 g/mol. The van der Waals surface area contributed by atoms with Crippen molar-refractivity contribution in [3.05, 3.63) is 53.3 Å². The molecule has 26 heavy (non-hydrogen) atoms. The van der Waals surface area contributed by atoms with Crippen molar-refractivity contribution in [2.75, 3.05) is 20.8 Å². The molecule has 0 aliphatic heterocycles. The molecule has 0 aliphatic carbocycles. The van der Waals surface area contributed by atoms with Gasteiger partial charge >= 0.3 is 0 Å². The summed E-state index contributed by atoms with van der Waals surface area (Å²) in [6.45, 7) is -0.0547. The van der Waals surface area contributed by atoms with Gasteiger partial charge in [0.25, 0.3) is 0 Å². The first-order valence-electron chi connectivity index (χ1n) is 7.50. The number of halogens is 1. The smallest absolute Gasteiger partial charge is 0.243 e. The van der Waals surface area contributed by atoms with E-state index in [2.05, 4.69) is 4.72 Å². The summed E-state index contributed by atoms with van der Waals surface area (Å²) in [5.74, 6) is -1.52. The van der Waals surface area contributed by atoms with Crippen molar-refractivity contribution >= 4 is 16.0 Å². The standard InChI is InChI=1S/C17H18FNO6S/c1-24-13-4-6-15(25-2)11(9-13)7-8-19-26(22,23)16-10-12(17(20)21)3-5-14(16)18/h3-6,9-10,19H,7-8H2,1-2H3,(H,20,21)/p-1. The minimum Gasteiger partial charge on any atom is -0.545 e. The fourth-order valence-electron chi connectivity index (χ4n) is 2.31. The van der Waals surface area contributed by atoms with Crippen molar-refractivity contribution in [1.29, 1.82) is 0 Å². The van der Waals surface area contributed by atoms with Crippen molar-refractivity contribution < 1.29 is 32.2 Å². The number of methoxy groups -OCH3 is 2. The maximum absolute atomic E-state index is 13.8. The lowest BCUT2D eigenvalue weighted by atomic mass is 10.1. The number of sulfonamides is 1. The molecule has 0 aromatic heterocycles. The Hall–Kier alpha value is -2.65. The summed E-state index contributed by atoms with van der Waals surface area (Å²) in [6, 6.07) is 7.51. The predicted octanol–water partition coefficient (Wildman–Crippen LogP) is 0.727. The normalized spacial score (nSPS) is 11.2. The summed E-state index contributed by atoms with van der Waals surface area (Å²) in [5, 5.41) is 10.8. The van der Waals surface area contributed by atoms with Gasteiger partial charge in [-0.05, 0) is 47.9 Å². The zero-order chi connectivity index (χ0) is 19.3. The molecule has 1 N–H and O–H groups in total. The Bertz CT molecular complexity index is 913. The van der Waals surface area contributed by atoms with Gasteiger partial charge in [0, 0.05) is 6.54 Å². The molecular weight excluding hydrogens is 365 g/mol. The first-order chi connectivity index (χ1) is 12.3. The number of aromatic carboxylic acids is 1. The lowest BCUT2D eigenvalue weighted by Gasteiger charge is -2.12. The highest BCUT2D eigenvalue weighted by atomic mass is 32.2. The van der Waals surface area contributed by atoms with Crippen LogP contribution in [-0.2, 0) is 16.4 Å². The van der Waals surface area contributed by atoms with Crippen molar-refractivity contribution in [3.63, 3.8) is 0 Å². The predicted molar refractivity (Wildman–Crippen MR) is 89.2 cm³/mol. The van der Waals surface area contributed by atoms with Crippen molar-refractivity contribution in [1.82, 2.24) is 4.72 Å². The monoisotopic (exact) mass is 382 g/mol. The second-order valence-electron chi connectivity index (χ2n) is 5.26. The van der Waals surface area contributed by atoms with Gasteiger partial charge in [0.05, 0.1) is 20.2 Å². The molecule has 0 unspecified atom stereocenters. The number of ether oxygens (including phenoxy) is 2. The molecule has 0 atom stereocenters. The van der Waals surface area contributed by atoms with Gasteiger partial charge < -0.3 is 19.4 Å². The van der Waals surface area contributed by atoms with E-state index in [0.717, 1.165) is 18.2 Å². The minimum absolute atomic E-state index is 0.0547. The van der Waals surface area contributed by atoms with Gasteiger partial charge in [0.15, 0.2) is 0 Å². The molecule has 2 rings (SSSR count). The topological polar surface area (TPSA) is 105 Å². The molecule has 0 spiro atoms. The maximum Gasteiger partial charge on any atom is 0.243 e. The van der Waals surface area contributed by atoms with Crippen LogP contribution in [0, 0.1) is 5.82 Å². The number of carboxylic acids is 1. The zero-order valence-corrected chi connectivity index (χ0v) is 14.9. The maximum atomic E-state index is 13.8. The molecule has 7 nitrogen and oxygen atoms in total. The van der Waals surface area contributed by atoms with E-state index in [1.165, 1.54) is 14.2 Å². The van der Waals surface area contributed by atoms with Crippen LogP contribution < -0.4 is 19.3 Å². The van der Waals surface area contributed by atoms with Gasteiger partial charge in [-0.1, -0.05) is 6.07 Å². The van der Waals surface area contributed by atoms with Gasteiger partial charge in [0.2, 0.25) is 10.0 Å². The van der Waals surface area contributed by atoms with Gasteiger partial charge in [-0.2, -0.15) is 0 Å². The number of hydrogen-bond acceptors (Lipinski definition) is 6. The van der Waals surface area contributed by atoms with Crippen molar-refractivity contribution in [2.45, 2.75) is 11.3 Å². The van der Waals surface area contributed by atoms with E-state index in [1.54, 1.807) is 18.2 Å². The van der Waals surface area contributed by atoms with Crippen molar-refractivity contribution in [2.24, 2.45) is 0 Å². The Morgan fingerprint density at radius 3 is 2.50 bits per heavy atom. The van der Waals surface area contributed by atoms with E-state index < -0.39 is 32.3 Å². The molecule has 0 saturated carbocycles. The van der Waals surface area contributed by atoms with Crippen LogP contribution in [0.15, 0.2) is 41.3 Å². The summed E-state index contributed by atoms with van der Waals surface area (Å²) in [4.78, 5) is 10.1. The highest BCUT2D eigenvalue weighted by Crippen LogP contribution is 2.24. The average Bonchev–Trinajstić information content (AvgIpc) is 2.61. The van der Waals surface area contributed by atoms with Crippen LogP contribution in [0.5, 0.6) is 11.5 Å². The number of carbonyl (C=O) groups excluding carboxylic acids is 1. The van der Waals surface area contributed by atoms with Crippen molar-refractivity contribution in [3.8, 4) is 11.5 Å². The van der Waals surface area contributed by atoms with Gasteiger partial charge in [-0.25, -0.2) is 17.5 Å². The van der Waals surface area contributed by atoms with E-state index in [9.17, 15) is 22.7 Å². The summed E-state index contributed by atoms with van der Waals surface area (Å²) >= 11 is 0. The molecule has 0 fully saturated rings. The van der Waals surface area contributed by atoms with Crippen LogP contribution in [0.25, 0.3) is 0 Å². The van der Waals surface area contributed by atoms with E-state index in [1.807, 2.05) is 0 Å². The van der Waals surface area contributed by atoms with Crippen LogP contribution in [0.1, 0.15) is 15.9 Å². The second-order valence-corrected chi connectivity index (χ2v) is 6.99. The van der Waals surface area contributed by atoms with E-state index in [4.69, 9.17) is 9.47 Å². The molecule has 0 bridgehead atoms. The highest BCUT2D eigenvalue weighted by Gasteiger charge is 2.20. The number of rotatable bonds is 8. The van der Waals surface area contributed by atoms with Crippen LogP contribution in [-0.4, -0.2) is 35.2 Å². The number of hydrogen-bond donors (Lipinski definition) is 1. The molecule has 0 heterocycles. The molecule has 9 heteroatoms. The fourth-order valence-corrected chi connectivity index (χ4v) is 3.44. The van der Waals surface area contributed by atoms with Gasteiger partial charge in [-0.3, -0.25) is 0 Å². The Kier molecular flexibility index (Phi) is 6.17. The Morgan fingerprint density at radius 2 is 1.88 bits per heavy atom. The SMILES string of the molecule is COc1ccc(OC)c(CCNS(=O)(=O)c2cc(C(=O)[O-])ccc2F)c1. The third kappa shape index (κ3) is 4.50. The molecule has 0 amide bonds. The highest BCUT2D eigenvalue weighted by molar-refractivity contribution is 7.89. The number of benzene rings is 2. The first kappa shape index (κ1) is 19.7. The third-order valence-corrected chi connectivity index (χ3v) is 5.11. The van der Waals surface area contributed by atoms with Crippen LogP contribution in [0.3, 0.4) is 0 Å². The third-order valence-electron chi connectivity index (χ3n) is 3.63. The van der Waals surface area contributed by atoms with Crippen LogP contribution >= 0.6 is 0 Å². The Labute approximate surface area is 150 Å². The lowest BCUT2D eigenvalue weighted by Crippen LogP contribution is -2.28. The molecule has 2 aromatic carbocycles. The fraction of sp³-hybridized carbons (Fsp3) is 0.235. The molecule has 0 aliphatic rings. The molecule has 0 saturated heterocycles. The quantitative estimate of drug-likeness (QED) is 0.722. The number of carboxylic acid groups (broad SMARTS) is 1. The Balaban J connectivity index is 2.17. The summed E-state index contributed by atoms with van der Waals surface area (Å²) in [6.07, 6.45) is 0.251. The summed E-state index contributed by atoms with van der Waals surface area (Å²) in [5.41, 5.74) is 0.264. The zero-order valence-electron chi connectivity index (χ0n) is 14.1. The molecular formula is C17H17FNO6S-. The molecule has 2 aromatic rings. The largest absolute Gasteiger partial charge is 0.545 e. The summed E-state index contributed by atoms with van der Waals surface area (Å²) in [7, 11) is -1.26. The van der Waals surface area contributed by atoms with E-state index >= 15 is 0 Å². The van der Waals surface area contributed by atoms with Crippen LogP contribution in [0.4, 0.5) is 4.39 Å². The number of carbonyl (C=O) groups is 1. The van der Waals surface area contributed by atoms with E-state index in [-0.39, 0.29) is 13.0 Å². The summed E-state index contributed by atoms with van der Waals surface area (Å²) < 4.78 is 50.9. The lowest BCUT2D eigenvalue weighted by molar-refractivity contribution is -0.255. The minimum atomic E-state index is -4.24. The van der Waals surface area contributed by atoms with Gasteiger partial charge in [0.1, 0.15) is 22.2 Å². The first-order valence-corrected chi connectivity index (χ1v) is 8.98. The van der Waals surface area contributed by atoms with Crippen LogP contribution in [0.2, 0.25) is 0 Å². The number of nitrogens with one attached hydrogen (secondary N) is 1. The Morgan fingerprint density at radius 1 is 1.15 bits per heavy atom. The van der Waals surface area contributed by atoms with Gasteiger partial charge in [-0.15, -0.1) is 0 Å².